The number of anilines is 1. The number of carbonyl (C=O) groups is 6. The lowest BCUT2D eigenvalue weighted by Gasteiger charge is -2.31. The Kier molecular flexibility index (Phi) is 24.5. The van der Waals surface area contributed by atoms with E-state index in [1.54, 1.807) is 38.1 Å². The molecule has 0 aliphatic carbocycles. The van der Waals surface area contributed by atoms with Gasteiger partial charge < -0.3 is 37.1 Å². The minimum absolute atomic E-state index is 0.0859. The van der Waals surface area contributed by atoms with Crippen LogP contribution in [-0.2, 0) is 30.5 Å². The van der Waals surface area contributed by atoms with E-state index in [1.165, 1.54) is 19.0 Å². The number of amides is 7. The molecule has 7 N–H and O–H groups in total. The topological polar surface area (TPSA) is 201 Å². The normalized spacial score (nSPS) is 12.1. The van der Waals surface area contributed by atoms with Gasteiger partial charge in [0.1, 0.15) is 24.7 Å². The van der Waals surface area contributed by atoms with Gasteiger partial charge in [-0.2, -0.15) is 0 Å². The van der Waals surface area contributed by atoms with Crippen molar-refractivity contribution in [1.29, 1.82) is 0 Å². The number of ether oxygens (including phenoxy) is 1. The Morgan fingerprint density at radius 1 is 0.816 bits per heavy atom. The van der Waals surface area contributed by atoms with E-state index in [1.807, 2.05) is 55.4 Å². The van der Waals surface area contributed by atoms with Gasteiger partial charge >= 0.3 is 12.1 Å². The second-order valence-corrected chi connectivity index (χ2v) is 12.0. The number of likely N-dealkylation sites (N-methyl/N-ethyl adjacent to an activating group) is 2. The molecule has 0 radical (unpaired) electrons. The Morgan fingerprint density at radius 3 is 1.86 bits per heavy atom. The van der Waals surface area contributed by atoms with Crippen molar-refractivity contribution in [3.63, 3.8) is 0 Å². The number of nitrogens with one attached hydrogen (secondary N) is 5. The molecular formula is C35H63N7O7. The van der Waals surface area contributed by atoms with E-state index in [2.05, 4.69) is 26.6 Å². The van der Waals surface area contributed by atoms with Crippen molar-refractivity contribution in [2.75, 3.05) is 26.0 Å². The fourth-order valence-corrected chi connectivity index (χ4v) is 4.54. The summed E-state index contributed by atoms with van der Waals surface area (Å²) in [5, 5.41) is 13.3. The third-order valence-electron chi connectivity index (χ3n) is 6.90. The molecule has 1 aromatic carbocycles. The van der Waals surface area contributed by atoms with Crippen LogP contribution >= 0.6 is 0 Å². The summed E-state index contributed by atoms with van der Waals surface area (Å²) >= 11 is 0. The number of rotatable bonds is 17. The smallest absolute Gasteiger partial charge is 0.410 e. The van der Waals surface area contributed by atoms with Crippen LogP contribution in [0.1, 0.15) is 94.1 Å². The lowest BCUT2D eigenvalue weighted by molar-refractivity contribution is -0.133. The third-order valence-corrected chi connectivity index (χ3v) is 6.90. The molecule has 280 valence electrons. The van der Waals surface area contributed by atoms with Gasteiger partial charge in [-0.3, -0.25) is 24.1 Å². The highest BCUT2D eigenvalue weighted by atomic mass is 16.6. The van der Waals surface area contributed by atoms with Crippen molar-refractivity contribution >= 4 is 41.4 Å². The van der Waals surface area contributed by atoms with Crippen molar-refractivity contribution in [2.24, 2.45) is 23.5 Å². The molecule has 14 nitrogen and oxygen atoms in total. The van der Waals surface area contributed by atoms with E-state index >= 15 is 0 Å². The molecule has 0 aromatic heterocycles. The zero-order valence-electron chi connectivity index (χ0n) is 31.7. The van der Waals surface area contributed by atoms with E-state index < -0.39 is 42.1 Å². The van der Waals surface area contributed by atoms with Gasteiger partial charge in [0.15, 0.2) is 0 Å². The first-order valence-electron chi connectivity index (χ1n) is 17.2. The number of hydrogen-bond acceptors (Lipinski definition) is 7. The van der Waals surface area contributed by atoms with Gasteiger partial charge in [-0.15, -0.1) is 0 Å². The molecule has 0 saturated carbocycles. The minimum Gasteiger partial charge on any atom is -0.445 e. The second kappa shape index (κ2) is 25.6. The number of nitrogens with two attached hydrogens (primary N) is 1. The average Bonchev–Trinajstić information content (AvgIpc) is 3.05. The van der Waals surface area contributed by atoms with Crippen LogP contribution in [-0.4, -0.2) is 79.4 Å². The van der Waals surface area contributed by atoms with E-state index in [0.29, 0.717) is 17.7 Å². The number of hydrogen-bond donors (Lipinski definition) is 6. The lowest BCUT2D eigenvalue weighted by atomic mass is 9.99. The van der Waals surface area contributed by atoms with Crippen LogP contribution in [0.2, 0.25) is 0 Å². The molecule has 0 aliphatic heterocycles. The second-order valence-electron chi connectivity index (χ2n) is 12.0. The molecule has 0 spiro atoms. The zero-order chi connectivity index (χ0) is 38.3. The monoisotopic (exact) mass is 693 g/mol. The number of carbonyl (C=O) groups excluding carboxylic acids is 6. The predicted octanol–water partition coefficient (Wildman–Crippen LogP) is 4.14. The van der Waals surface area contributed by atoms with E-state index in [9.17, 15) is 28.8 Å². The van der Waals surface area contributed by atoms with E-state index in [0.717, 1.165) is 0 Å². The Bertz CT molecular complexity index is 1160. The lowest BCUT2D eigenvalue weighted by Crippen LogP contribution is -2.56. The van der Waals surface area contributed by atoms with Gasteiger partial charge in [0.2, 0.25) is 23.6 Å². The van der Waals surface area contributed by atoms with Crippen LogP contribution in [0.25, 0.3) is 0 Å². The summed E-state index contributed by atoms with van der Waals surface area (Å²) in [7, 11) is 2.96. The number of nitrogens with zero attached hydrogens (tertiary/aromatic N) is 1. The molecule has 0 fully saturated rings. The summed E-state index contributed by atoms with van der Waals surface area (Å²) in [6.07, 6.45) is 0.265. The van der Waals surface area contributed by atoms with E-state index in [4.69, 9.17) is 10.5 Å². The molecule has 49 heavy (non-hydrogen) atoms. The maximum Gasteiger partial charge on any atom is 0.410 e. The standard InChI is InChI=1S/C31H51N7O7.2C2H6/c1-18(2)16-24(39)36-23(10-9-15-34-30(32)43)27(40)35-22-13-11-21(12-14-22)17-45-31(44)38(8)26(20(5)6)29(42)37-25(19(3)4)28(41)33-7;2*1-2/h11-14,18-20,23,25-26H,9-10,15-17H2,1-8H3,(H,33,41)(H,35,40)(H,36,39)(H,37,42)(H3,32,34,43);2*1-2H3. The van der Waals surface area contributed by atoms with Crippen LogP contribution in [0.15, 0.2) is 24.3 Å². The minimum atomic E-state index is -0.874. The van der Waals surface area contributed by atoms with Crippen LogP contribution < -0.4 is 32.3 Å². The van der Waals surface area contributed by atoms with Gasteiger partial charge in [0, 0.05) is 32.7 Å². The molecule has 1 rings (SSSR count). The first kappa shape index (κ1) is 46.8. The summed E-state index contributed by atoms with van der Waals surface area (Å²) in [5.41, 5.74) is 6.20. The number of urea groups is 1. The summed E-state index contributed by atoms with van der Waals surface area (Å²) in [6.45, 7) is 19.2. The maximum atomic E-state index is 13.1. The SMILES string of the molecule is CC.CC.CNC(=O)C(NC(=O)C(C(C)C)N(C)C(=O)OCc1ccc(NC(=O)C(CCCNC(N)=O)NC(=O)CC(C)C)cc1)C(C)C. The Balaban J connectivity index is 0. The van der Waals surface area contributed by atoms with Crippen molar-refractivity contribution in [1.82, 2.24) is 26.2 Å². The molecular weight excluding hydrogens is 630 g/mol. The van der Waals surface area contributed by atoms with Crippen molar-refractivity contribution in [3.05, 3.63) is 29.8 Å². The van der Waals surface area contributed by atoms with Crippen LogP contribution in [0.4, 0.5) is 15.3 Å². The summed E-state index contributed by atoms with van der Waals surface area (Å²) in [5.74, 6) is -1.76. The molecule has 0 heterocycles. The predicted molar refractivity (Wildman–Crippen MR) is 193 cm³/mol. The largest absolute Gasteiger partial charge is 0.445 e. The Labute approximate surface area is 293 Å². The average molecular weight is 694 g/mol. The van der Waals surface area contributed by atoms with Crippen LogP contribution in [0.5, 0.6) is 0 Å². The van der Waals surface area contributed by atoms with Gasteiger partial charge in [0.25, 0.3) is 0 Å². The highest BCUT2D eigenvalue weighted by Gasteiger charge is 2.34. The molecule has 7 amide bonds. The van der Waals surface area contributed by atoms with Crippen LogP contribution in [0, 0.1) is 17.8 Å². The van der Waals surface area contributed by atoms with E-state index in [-0.39, 0.29) is 55.6 Å². The first-order chi connectivity index (χ1) is 23.1. The Morgan fingerprint density at radius 2 is 1.39 bits per heavy atom. The molecule has 0 saturated heterocycles. The highest BCUT2D eigenvalue weighted by Crippen LogP contribution is 2.16. The molecule has 0 aliphatic rings. The first-order valence-corrected chi connectivity index (χ1v) is 17.2. The summed E-state index contributed by atoms with van der Waals surface area (Å²) < 4.78 is 5.45. The number of primary amides is 1. The summed E-state index contributed by atoms with van der Waals surface area (Å²) in [4.78, 5) is 75.7. The fraction of sp³-hybridized carbons (Fsp3) is 0.657. The Hall–Kier alpha value is -4.36. The van der Waals surface area contributed by atoms with Gasteiger partial charge in [-0.25, -0.2) is 9.59 Å². The quantitative estimate of drug-likeness (QED) is 0.132. The number of benzene rings is 1. The highest BCUT2D eigenvalue weighted by molar-refractivity contribution is 5.97. The van der Waals surface area contributed by atoms with Gasteiger partial charge in [-0.05, 0) is 48.3 Å². The molecule has 0 bridgehead atoms. The molecule has 14 heteroatoms. The zero-order valence-corrected chi connectivity index (χ0v) is 31.7. The fourth-order valence-electron chi connectivity index (χ4n) is 4.54. The van der Waals surface area contributed by atoms with Crippen molar-refractivity contribution < 1.29 is 33.5 Å². The van der Waals surface area contributed by atoms with Gasteiger partial charge in [-0.1, -0.05) is 81.4 Å². The van der Waals surface area contributed by atoms with Crippen molar-refractivity contribution in [2.45, 2.75) is 113 Å². The molecule has 3 unspecified atom stereocenters. The van der Waals surface area contributed by atoms with Crippen molar-refractivity contribution in [3.8, 4) is 0 Å². The van der Waals surface area contributed by atoms with Gasteiger partial charge in [0.05, 0.1) is 0 Å². The molecule has 1 aromatic rings. The maximum absolute atomic E-state index is 13.1. The summed E-state index contributed by atoms with van der Waals surface area (Å²) in [6, 6.07) is 3.52. The van der Waals surface area contributed by atoms with Crippen LogP contribution in [0.3, 0.4) is 0 Å². The third kappa shape index (κ3) is 18.7. The molecule has 3 atom stereocenters.